The minimum absolute atomic E-state index is 0.0248. The van der Waals surface area contributed by atoms with E-state index in [-0.39, 0.29) is 18.4 Å². The van der Waals surface area contributed by atoms with Crippen LogP contribution in [-0.2, 0) is 15.1 Å². The zero-order chi connectivity index (χ0) is 17.6. The largest absolute Gasteiger partial charge is 0.385 e. The third-order valence-electron chi connectivity index (χ3n) is 3.89. The van der Waals surface area contributed by atoms with E-state index >= 15 is 0 Å². The first kappa shape index (κ1) is 18.5. The summed E-state index contributed by atoms with van der Waals surface area (Å²) < 4.78 is 5.42. The second-order valence-electron chi connectivity index (χ2n) is 5.90. The van der Waals surface area contributed by atoms with Gasteiger partial charge in [0.25, 0.3) is 0 Å². The number of nitrogens with one attached hydrogen (secondary N) is 1. The van der Waals surface area contributed by atoms with Crippen molar-refractivity contribution in [2.45, 2.75) is 25.0 Å². The lowest BCUT2D eigenvalue weighted by Gasteiger charge is -2.24. The van der Waals surface area contributed by atoms with Gasteiger partial charge in [-0.2, -0.15) is 0 Å². The summed E-state index contributed by atoms with van der Waals surface area (Å²) in [6.45, 7) is 1.94. The molecule has 2 rings (SSSR count). The molecule has 2 aromatic rings. The molecule has 1 amide bonds. The lowest BCUT2D eigenvalue weighted by molar-refractivity contribution is -0.126. The molecule has 0 fully saturated rings. The number of amides is 1. The van der Waals surface area contributed by atoms with E-state index in [2.05, 4.69) is 5.32 Å². The molecule has 0 bridgehead atoms. The molecule has 0 aliphatic rings. The zero-order valence-electron chi connectivity index (χ0n) is 13.8. The van der Waals surface area contributed by atoms with Crippen LogP contribution in [0, 0.1) is 0 Å². The average Bonchev–Trinajstić information content (AvgIpc) is 2.56. The standard InChI is InChI=1S/C19H22ClNO3/c1-19(23,15-8-4-3-5-9-15)12-18(22)21-13-17(24-2)14-7-6-10-16(20)11-14/h3-11,17,23H,12-13H2,1-2H3,(H,21,22). The maximum absolute atomic E-state index is 12.2. The highest BCUT2D eigenvalue weighted by Crippen LogP contribution is 2.24. The monoisotopic (exact) mass is 347 g/mol. The fourth-order valence-corrected chi connectivity index (χ4v) is 2.72. The van der Waals surface area contributed by atoms with Gasteiger partial charge in [0.1, 0.15) is 0 Å². The van der Waals surface area contributed by atoms with E-state index in [1.165, 1.54) is 0 Å². The second-order valence-corrected chi connectivity index (χ2v) is 6.34. The highest BCUT2D eigenvalue weighted by molar-refractivity contribution is 6.30. The lowest BCUT2D eigenvalue weighted by Crippen LogP contribution is -2.35. The van der Waals surface area contributed by atoms with Crippen LogP contribution in [0.3, 0.4) is 0 Å². The first-order valence-electron chi connectivity index (χ1n) is 7.75. The predicted octanol–water partition coefficient (Wildman–Crippen LogP) is 3.44. The van der Waals surface area contributed by atoms with Gasteiger partial charge in [0.15, 0.2) is 0 Å². The van der Waals surface area contributed by atoms with Gasteiger partial charge in [0, 0.05) is 18.7 Å². The first-order valence-corrected chi connectivity index (χ1v) is 8.13. The Hall–Kier alpha value is -1.88. The van der Waals surface area contributed by atoms with Crippen molar-refractivity contribution in [1.29, 1.82) is 0 Å². The van der Waals surface area contributed by atoms with Gasteiger partial charge in [-0.3, -0.25) is 4.79 Å². The van der Waals surface area contributed by atoms with E-state index < -0.39 is 5.60 Å². The molecular weight excluding hydrogens is 326 g/mol. The fourth-order valence-electron chi connectivity index (χ4n) is 2.53. The molecule has 0 saturated heterocycles. The summed E-state index contributed by atoms with van der Waals surface area (Å²) in [6, 6.07) is 16.5. The summed E-state index contributed by atoms with van der Waals surface area (Å²) in [7, 11) is 1.58. The third kappa shape index (κ3) is 5.06. The van der Waals surface area contributed by atoms with E-state index in [0.29, 0.717) is 17.1 Å². The lowest BCUT2D eigenvalue weighted by atomic mass is 9.92. The summed E-state index contributed by atoms with van der Waals surface area (Å²) in [5, 5.41) is 14.0. The Kier molecular flexibility index (Phi) is 6.37. The molecule has 2 aromatic carbocycles. The molecule has 128 valence electrons. The van der Waals surface area contributed by atoms with Gasteiger partial charge in [-0.25, -0.2) is 0 Å². The minimum atomic E-state index is -1.22. The Morgan fingerprint density at radius 3 is 2.58 bits per heavy atom. The van der Waals surface area contributed by atoms with Gasteiger partial charge in [-0.15, -0.1) is 0 Å². The Labute approximate surface area is 147 Å². The number of hydrogen-bond donors (Lipinski definition) is 2. The van der Waals surface area contributed by atoms with Gasteiger partial charge < -0.3 is 15.2 Å². The number of aliphatic hydroxyl groups is 1. The quantitative estimate of drug-likeness (QED) is 0.806. The van der Waals surface area contributed by atoms with Crippen molar-refractivity contribution in [3.8, 4) is 0 Å². The topological polar surface area (TPSA) is 58.6 Å². The smallest absolute Gasteiger partial charge is 0.223 e. The van der Waals surface area contributed by atoms with E-state index in [4.69, 9.17) is 16.3 Å². The van der Waals surface area contributed by atoms with Crippen LogP contribution in [0.15, 0.2) is 54.6 Å². The summed E-state index contributed by atoms with van der Waals surface area (Å²) in [5.41, 5.74) is 0.377. The van der Waals surface area contributed by atoms with Crippen molar-refractivity contribution in [3.05, 3.63) is 70.7 Å². The number of carbonyl (C=O) groups is 1. The van der Waals surface area contributed by atoms with Crippen molar-refractivity contribution in [2.75, 3.05) is 13.7 Å². The summed E-state index contributed by atoms with van der Waals surface area (Å²) in [5.74, 6) is -0.243. The molecule has 2 atom stereocenters. The number of rotatable bonds is 7. The van der Waals surface area contributed by atoms with Gasteiger partial charge in [-0.1, -0.05) is 54.1 Å². The van der Waals surface area contributed by atoms with E-state index in [1.54, 1.807) is 32.2 Å². The Bertz CT molecular complexity index is 673. The fraction of sp³-hybridized carbons (Fsp3) is 0.316. The van der Waals surface area contributed by atoms with Crippen molar-refractivity contribution in [2.24, 2.45) is 0 Å². The van der Waals surface area contributed by atoms with Gasteiger partial charge in [0.05, 0.1) is 18.1 Å². The van der Waals surface area contributed by atoms with Crippen LogP contribution in [0.4, 0.5) is 0 Å². The number of methoxy groups -OCH3 is 1. The molecule has 0 spiro atoms. The maximum atomic E-state index is 12.2. The van der Waals surface area contributed by atoms with Crippen molar-refractivity contribution in [3.63, 3.8) is 0 Å². The van der Waals surface area contributed by atoms with Crippen LogP contribution in [-0.4, -0.2) is 24.7 Å². The average molecular weight is 348 g/mol. The van der Waals surface area contributed by atoms with Crippen LogP contribution >= 0.6 is 11.6 Å². The number of halogens is 1. The van der Waals surface area contributed by atoms with Crippen LogP contribution in [0.5, 0.6) is 0 Å². The van der Waals surface area contributed by atoms with Gasteiger partial charge >= 0.3 is 0 Å². The molecule has 0 aliphatic carbocycles. The predicted molar refractivity (Wildman–Crippen MR) is 94.8 cm³/mol. The molecule has 0 heterocycles. The molecule has 2 N–H and O–H groups in total. The van der Waals surface area contributed by atoms with Crippen LogP contribution in [0.2, 0.25) is 5.02 Å². The van der Waals surface area contributed by atoms with Gasteiger partial charge in [0.2, 0.25) is 5.91 Å². The van der Waals surface area contributed by atoms with E-state index in [0.717, 1.165) is 5.56 Å². The molecule has 2 unspecified atom stereocenters. The summed E-state index contributed by atoms with van der Waals surface area (Å²) >= 11 is 5.99. The Morgan fingerprint density at radius 2 is 1.96 bits per heavy atom. The van der Waals surface area contributed by atoms with Gasteiger partial charge in [-0.05, 0) is 30.2 Å². The van der Waals surface area contributed by atoms with Crippen molar-refractivity contribution >= 4 is 17.5 Å². The third-order valence-corrected chi connectivity index (χ3v) is 4.13. The SMILES string of the molecule is COC(CNC(=O)CC(C)(O)c1ccccc1)c1cccc(Cl)c1. The highest BCUT2D eigenvalue weighted by atomic mass is 35.5. The molecule has 24 heavy (non-hydrogen) atoms. The van der Waals surface area contributed by atoms with Crippen LogP contribution < -0.4 is 5.32 Å². The Balaban J connectivity index is 1.94. The normalized spacial score (nSPS) is 14.7. The molecule has 4 nitrogen and oxygen atoms in total. The summed E-state index contributed by atoms with van der Waals surface area (Å²) in [6.07, 6.45) is -0.322. The second kappa shape index (κ2) is 8.29. The molecular formula is C19H22ClNO3. The molecule has 0 aromatic heterocycles. The van der Waals surface area contributed by atoms with Crippen LogP contribution in [0.1, 0.15) is 30.6 Å². The van der Waals surface area contributed by atoms with Crippen molar-refractivity contribution in [1.82, 2.24) is 5.32 Å². The maximum Gasteiger partial charge on any atom is 0.223 e. The minimum Gasteiger partial charge on any atom is -0.385 e. The number of hydrogen-bond acceptors (Lipinski definition) is 3. The molecule has 5 heteroatoms. The van der Waals surface area contributed by atoms with Crippen LogP contribution in [0.25, 0.3) is 0 Å². The Morgan fingerprint density at radius 1 is 1.25 bits per heavy atom. The van der Waals surface area contributed by atoms with Crippen molar-refractivity contribution < 1.29 is 14.6 Å². The van der Waals surface area contributed by atoms with E-state index in [9.17, 15) is 9.90 Å². The molecule has 0 saturated carbocycles. The number of benzene rings is 2. The zero-order valence-corrected chi connectivity index (χ0v) is 14.6. The molecule has 0 radical (unpaired) electrons. The first-order chi connectivity index (χ1) is 11.4. The number of ether oxygens (including phenoxy) is 1. The highest BCUT2D eigenvalue weighted by Gasteiger charge is 2.26. The summed E-state index contributed by atoms with van der Waals surface area (Å²) in [4.78, 5) is 12.2. The number of carbonyl (C=O) groups excluding carboxylic acids is 1. The molecule has 0 aliphatic heterocycles. The van der Waals surface area contributed by atoms with E-state index in [1.807, 2.05) is 36.4 Å².